The highest BCUT2D eigenvalue weighted by atomic mass is 35.5. The first-order chi connectivity index (χ1) is 9.13. The summed E-state index contributed by atoms with van der Waals surface area (Å²) in [4.78, 5) is 0.258. The topological polar surface area (TPSA) is 55.4 Å². The lowest BCUT2D eigenvalue weighted by molar-refractivity contribution is 0.161. The zero-order valence-corrected chi connectivity index (χ0v) is 12.0. The largest absolute Gasteiger partial charge is 0.377 e. The zero-order valence-electron chi connectivity index (χ0n) is 10.4. The van der Waals surface area contributed by atoms with E-state index in [1.165, 1.54) is 5.57 Å². The van der Waals surface area contributed by atoms with Crippen LogP contribution in [0.1, 0.15) is 12.0 Å². The number of benzene rings is 1. The average molecular weight is 302 g/mol. The molecule has 2 rings (SSSR count). The Balaban J connectivity index is 2.16. The van der Waals surface area contributed by atoms with Crippen molar-refractivity contribution in [2.75, 3.05) is 25.6 Å². The quantitative estimate of drug-likeness (QED) is 0.847. The highest BCUT2D eigenvalue weighted by Gasteiger charge is 2.13. The minimum atomic E-state index is -3.45. The summed E-state index contributed by atoms with van der Waals surface area (Å²) < 4.78 is 31.4. The highest BCUT2D eigenvalue weighted by molar-refractivity contribution is 7.89. The molecule has 4 nitrogen and oxygen atoms in total. The molecule has 1 aromatic carbocycles. The summed E-state index contributed by atoms with van der Waals surface area (Å²) in [5.41, 5.74) is 2.24. The fourth-order valence-electron chi connectivity index (χ4n) is 1.89. The summed E-state index contributed by atoms with van der Waals surface area (Å²) in [6.45, 7) is 1.56. The van der Waals surface area contributed by atoms with E-state index in [9.17, 15) is 8.42 Å². The molecular weight excluding hydrogens is 286 g/mol. The first-order valence-corrected chi connectivity index (χ1v) is 8.08. The standard InChI is InChI=1S/C13H16ClNO3S/c14-7-8-15-19(16,17)13-3-1-11(2-4-13)12-5-9-18-10-6-12/h1-5,15H,6-10H2. The number of sulfonamides is 1. The molecule has 0 saturated heterocycles. The lowest BCUT2D eigenvalue weighted by Crippen LogP contribution is -2.25. The lowest BCUT2D eigenvalue weighted by Gasteiger charge is -2.14. The molecule has 104 valence electrons. The van der Waals surface area contributed by atoms with Crippen molar-refractivity contribution >= 4 is 27.2 Å². The first kappa shape index (κ1) is 14.5. The maximum atomic E-state index is 11.9. The van der Waals surface area contributed by atoms with Crippen LogP contribution in [-0.2, 0) is 14.8 Å². The van der Waals surface area contributed by atoms with Crippen LogP contribution in [0.4, 0.5) is 0 Å². The molecule has 19 heavy (non-hydrogen) atoms. The van der Waals surface area contributed by atoms with Crippen LogP contribution in [0, 0.1) is 0 Å². The van der Waals surface area contributed by atoms with Gasteiger partial charge < -0.3 is 4.74 Å². The van der Waals surface area contributed by atoms with Crippen LogP contribution >= 0.6 is 11.6 Å². The van der Waals surface area contributed by atoms with Crippen molar-refractivity contribution in [1.82, 2.24) is 4.72 Å². The van der Waals surface area contributed by atoms with E-state index >= 15 is 0 Å². The summed E-state index contributed by atoms with van der Waals surface area (Å²) in [7, 11) is -3.45. The fourth-order valence-corrected chi connectivity index (χ4v) is 3.13. The second kappa shape index (κ2) is 6.52. The van der Waals surface area contributed by atoms with E-state index < -0.39 is 10.0 Å². The van der Waals surface area contributed by atoms with Gasteiger partial charge in [-0.1, -0.05) is 18.2 Å². The number of ether oxygens (including phenoxy) is 1. The van der Waals surface area contributed by atoms with Crippen molar-refractivity contribution in [3.05, 3.63) is 35.9 Å². The molecule has 0 radical (unpaired) electrons. The number of nitrogens with one attached hydrogen (secondary N) is 1. The molecule has 1 aromatic rings. The third-order valence-corrected chi connectivity index (χ3v) is 4.55. The monoisotopic (exact) mass is 301 g/mol. The highest BCUT2D eigenvalue weighted by Crippen LogP contribution is 2.22. The molecule has 0 aromatic heterocycles. The van der Waals surface area contributed by atoms with Gasteiger partial charge in [0, 0.05) is 12.4 Å². The Morgan fingerprint density at radius 3 is 2.58 bits per heavy atom. The Labute approximate surface area is 118 Å². The first-order valence-electron chi connectivity index (χ1n) is 6.06. The second-order valence-corrected chi connectivity index (χ2v) is 6.31. The Morgan fingerprint density at radius 2 is 2.00 bits per heavy atom. The van der Waals surface area contributed by atoms with Gasteiger partial charge in [-0.3, -0.25) is 0 Å². The smallest absolute Gasteiger partial charge is 0.240 e. The van der Waals surface area contributed by atoms with Crippen molar-refractivity contribution in [2.45, 2.75) is 11.3 Å². The van der Waals surface area contributed by atoms with Crippen LogP contribution in [0.5, 0.6) is 0 Å². The third-order valence-electron chi connectivity index (χ3n) is 2.89. The van der Waals surface area contributed by atoms with Crippen molar-refractivity contribution in [1.29, 1.82) is 0 Å². The Bertz CT molecular complexity index is 552. The minimum Gasteiger partial charge on any atom is -0.377 e. The van der Waals surface area contributed by atoms with E-state index in [2.05, 4.69) is 4.72 Å². The summed E-state index contributed by atoms with van der Waals surface area (Å²) in [5.74, 6) is 0.254. The zero-order chi connectivity index (χ0) is 13.7. The van der Waals surface area contributed by atoms with Gasteiger partial charge in [-0.15, -0.1) is 11.6 Å². The number of alkyl halides is 1. The molecular formula is C13H16ClNO3S. The van der Waals surface area contributed by atoms with E-state index in [1.54, 1.807) is 12.1 Å². The molecule has 0 atom stereocenters. The van der Waals surface area contributed by atoms with Crippen LogP contribution in [0.3, 0.4) is 0 Å². The normalized spacial score (nSPS) is 16.2. The maximum Gasteiger partial charge on any atom is 0.240 e. The Hall–Kier alpha value is -0.880. The molecule has 0 bridgehead atoms. The van der Waals surface area contributed by atoms with Crippen molar-refractivity contribution in [3.8, 4) is 0 Å². The van der Waals surface area contributed by atoms with Gasteiger partial charge in [-0.25, -0.2) is 13.1 Å². The second-order valence-electron chi connectivity index (χ2n) is 4.17. The van der Waals surface area contributed by atoms with Crippen LogP contribution < -0.4 is 4.72 Å². The Kier molecular flexibility index (Phi) is 4.99. The van der Waals surface area contributed by atoms with Gasteiger partial charge in [0.1, 0.15) is 0 Å². The molecule has 1 heterocycles. The van der Waals surface area contributed by atoms with Gasteiger partial charge in [0.25, 0.3) is 0 Å². The van der Waals surface area contributed by atoms with Crippen LogP contribution in [0.25, 0.3) is 5.57 Å². The van der Waals surface area contributed by atoms with E-state index in [-0.39, 0.29) is 17.3 Å². The van der Waals surface area contributed by atoms with E-state index in [0.29, 0.717) is 13.2 Å². The Morgan fingerprint density at radius 1 is 1.26 bits per heavy atom. The van der Waals surface area contributed by atoms with Gasteiger partial charge in [-0.05, 0) is 29.7 Å². The van der Waals surface area contributed by atoms with Crippen molar-refractivity contribution < 1.29 is 13.2 Å². The molecule has 0 unspecified atom stereocenters. The molecule has 1 aliphatic rings. The molecule has 0 saturated carbocycles. The van der Waals surface area contributed by atoms with E-state index in [0.717, 1.165) is 12.0 Å². The minimum absolute atomic E-state index is 0.230. The molecule has 0 fully saturated rings. The summed E-state index contributed by atoms with van der Waals surface area (Å²) in [6.07, 6.45) is 2.88. The average Bonchev–Trinajstić information content (AvgIpc) is 2.46. The molecule has 0 aliphatic carbocycles. The molecule has 0 spiro atoms. The maximum absolute atomic E-state index is 11.9. The summed E-state index contributed by atoms with van der Waals surface area (Å²) in [5, 5.41) is 0. The number of rotatable bonds is 5. The summed E-state index contributed by atoms with van der Waals surface area (Å²) in [6, 6.07) is 6.88. The third kappa shape index (κ3) is 3.79. The predicted octanol–water partition coefficient (Wildman–Crippen LogP) is 2.01. The van der Waals surface area contributed by atoms with E-state index in [4.69, 9.17) is 16.3 Å². The number of hydrogen-bond donors (Lipinski definition) is 1. The molecule has 6 heteroatoms. The van der Waals surface area contributed by atoms with Gasteiger partial charge in [0.15, 0.2) is 0 Å². The predicted molar refractivity (Wildman–Crippen MR) is 75.8 cm³/mol. The number of halogens is 1. The summed E-state index contributed by atoms with van der Waals surface area (Å²) >= 11 is 5.48. The van der Waals surface area contributed by atoms with Crippen molar-refractivity contribution in [2.24, 2.45) is 0 Å². The van der Waals surface area contributed by atoms with E-state index in [1.807, 2.05) is 18.2 Å². The number of hydrogen-bond acceptors (Lipinski definition) is 3. The van der Waals surface area contributed by atoms with Crippen LogP contribution in [0.15, 0.2) is 35.2 Å². The molecule has 1 aliphatic heterocycles. The van der Waals surface area contributed by atoms with Gasteiger partial charge in [0.05, 0.1) is 18.1 Å². The fraction of sp³-hybridized carbons (Fsp3) is 0.385. The van der Waals surface area contributed by atoms with Gasteiger partial charge in [-0.2, -0.15) is 0 Å². The van der Waals surface area contributed by atoms with Crippen LogP contribution in [-0.4, -0.2) is 34.1 Å². The molecule has 1 N–H and O–H groups in total. The molecule has 0 amide bonds. The SMILES string of the molecule is O=S(=O)(NCCCl)c1ccc(C2=CCOCC2)cc1. The lowest BCUT2D eigenvalue weighted by atomic mass is 10.0. The van der Waals surface area contributed by atoms with Gasteiger partial charge in [0.2, 0.25) is 10.0 Å². The van der Waals surface area contributed by atoms with Gasteiger partial charge >= 0.3 is 0 Å². The van der Waals surface area contributed by atoms with Crippen LogP contribution in [0.2, 0.25) is 0 Å². The van der Waals surface area contributed by atoms with Crippen molar-refractivity contribution in [3.63, 3.8) is 0 Å².